The van der Waals surface area contributed by atoms with Crippen LogP contribution in [-0.4, -0.2) is 42.4 Å². The Morgan fingerprint density at radius 3 is 2.14 bits per heavy atom. The fourth-order valence-corrected chi connectivity index (χ4v) is 1.32. The lowest BCUT2D eigenvalue weighted by Gasteiger charge is -2.05. The highest BCUT2D eigenvalue weighted by atomic mass is 35.7. The van der Waals surface area contributed by atoms with Crippen LogP contribution in [-0.2, 0) is 9.47 Å². The minimum atomic E-state index is -3.18. The zero-order chi connectivity index (χ0) is 10.9. The van der Waals surface area contributed by atoms with Gasteiger partial charge in [0.2, 0.25) is 0 Å². The van der Waals surface area contributed by atoms with Crippen molar-refractivity contribution in [3.8, 4) is 0 Å². The molecule has 0 amide bonds. The van der Waals surface area contributed by atoms with Gasteiger partial charge in [-0.2, -0.15) is 0 Å². The minimum absolute atomic E-state index is 0.101. The standard InChI is InChI=1S/C8H19ClO4P/c1-2-3-4-12-5-6-13-7-8-14(9,10)11/h10-11H,2-8H2,1H3/q+1. The van der Waals surface area contributed by atoms with E-state index in [0.29, 0.717) is 13.2 Å². The van der Waals surface area contributed by atoms with Crippen LogP contribution in [0.1, 0.15) is 19.8 Å². The van der Waals surface area contributed by atoms with Crippen molar-refractivity contribution in [2.24, 2.45) is 0 Å². The Balaban J connectivity index is 2.99. The topological polar surface area (TPSA) is 58.9 Å². The van der Waals surface area contributed by atoms with Gasteiger partial charge in [0.05, 0.1) is 19.8 Å². The van der Waals surface area contributed by atoms with Gasteiger partial charge in [0.15, 0.2) is 17.4 Å². The summed E-state index contributed by atoms with van der Waals surface area (Å²) in [5.74, 6) is 0. The number of unbranched alkanes of at least 4 members (excludes halogenated alkanes) is 1. The highest BCUT2D eigenvalue weighted by molar-refractivity contribution is 7.90. The van der Waals surface area contributed by atoms with E-state index in [4.69, 9.17) is 30.5 Å². The fourth-order valence-electron chi connectivity index (χ4n) is 0.749. The van der Waals surface area contributed by atoms with Crippen LogP contribution < -0.4 is 0 Å². The van der Waals surface area contributed by atoms with Gasteiger partial charge in [-0.25, -0.2) is 9.79 Å². The van der Waals surface area contributed by atoms with E-state index in [-0.39, 0.29) is 12.8 Å². The first kappa shape index (κ1) is 14.6. The smallest absolute Gasteiger partial charge is 0.368 e. The lowest BCUT2D eigenvalue weighted by atomic mass is 10.4. The lowest BCUT2D eigenvalue weighted by Crippen LogP contribution is -2.08. The van der Waals surface area contributed by atoms with Crippen LogP contribution >= 0.6 is 18.3 Å². The van der Waals surface area contributed by atoms with Crippen molar-refractivity contribution in [1.29, 1.82) is 0 Å². The van der Waals surface area contributed by atoms with Crippen LogP contribution in [0.25, 0.3) is 0 Å². The van der Waals surface area contributed by atoms with Crippen molar-refractivity contribution < 1.29 is 19.3 Å². The molecule has 0 aliphatic carbocycles. The third-order valence-corrected chi connectivity index (χ3v) is 2.79. The van der Waals surface area contributed by atoms with Crippen molar-refractivity contribution in [3.63, 3.8) is 0 Å². The van der Waals surface area contributed by atoms with Gasteiger partial charge in [0.25, 0.3) is 0 Å². The molecule has 0 atom stereocenters. The number of rotatable bonds is 9. The maximum Gasteiger partial charge on any atom is 0.368 e. The first-order chi connectivity index (χ1) is 6.56. The monoisotopic (exact) mass is 245 g/mol. The molecule has 0 heterocycles. The van der Waals surface area contributed by atoms with E-state index in [1.165, 1.54) is 0 Å². The summed E-state index contributed by atoms with van der Waals surface area (Å²) in [6, 6.07) is 0. The molecule has 0 rings (SSSR count). The van der Waals surface area contributed by atoms with Crippen LogP contribution in [0, 0.1) is 0 Å². The van der Waals surface area contributed by atoms with Crippen molar-refractivity contribution in [2.45, 2.75) is 19.8 Å². The van der Waals surface area contributed by atoms with E-state index >= 15 is 0 Å². The molecule has 0 aromatic heterocycles. The van der Waals surface area contributed by atoms with Gasteiger partial charge in [0, 0.05) is 6.61 Å². The molecule has 0 fully saturated rings. The summed E-state index contributed by atoms with van der Waals surface area (Å²) < 4.78 is 10.3. The Morgan fingerprint density at radius 2 is 1.64 bits per heavy atom. The Bertz CT molecular complexity index is 129. The maximum absolute atomic E-state index is 8.81. The van der Waals surface area contributed by atoms with E-state index in [0.717, 1.165) is 19.4 Å². The van der Waals surface area contributed by atoms with Gasteiger partial charge >= 0.3 is 7.07 Å². The van der Waals surface area contributed by atoms with E-state index < -0.39 is 7.07 Å². The second kappa shape index (κ2) is 8.84. The largest absolute Gasteiger partial charge is 0.379 e. The molecule has 0 aromatic rings. The summed E-state index contributed by atoms with van der Waals surface area (Å²) >= 11 is 5.23. The van der Waals surface area contributed by atoms with E-state index in [9.17, 15) is 0 Å². The molecule has 0 spiro atoms. The molecule has 0 saturated carbocycles. The zero-order valence-electron chi connectivity index (χ0n) is 8.49. The number of halogens is 1. The third kappa shape index (κ3) is 12.6. The summed E-state index contributed by atoms with van der Waals surface area (Å²) in [5, 5.41) is 0. The van der Waals surface area contributed by atoms with Crippen LogP contribution in [0.15, 0.2) is 0 Å². The maximum atomic E-state index is 8.81. The summed E-state index contributed by atoms with van der Waals surface area (Å²) in [7, 11) is -3.18. The van der Waals surface area contributed by atoms with Crippen molar-refractivity contribution >= 4 is 18.3 Å². The molecule has 0 aromatic carbocycles. The average Bonchev–Trinajstić information content (AvgIpc) is 2.08. The van der Waals surface area contributed by atoms with Crippen molar-refractivity contribution in [1.82, 2.24) is 0 Å². The quantitative estimate of drug-likeness (QED) is 0.480. The highest BCUT2D eigenvalue weighted by Crippen LogP contribution is 2.54. The number of hydrogen-bond donors (Lipinski definition) is 2. The molecule has 6 heteroatoms. The van der Waals surface area contributed by atoms with Gasteiger partial charge in [0.1, 0.15) is 0 Å². The molecule has 4 nitrogen and oxygen atoms in total. The first-order valence-corrected chi connectivity index (χ1v) is 7.53. The fraction of sp³-hybridized carbons (Fsp3) is 1.00. The molecule has 0 saturated heterocycles. The minimum Gasteiger partial charge on any atom is -0.379 e. The molecular formula is C8H19ClO4P+. The normalized spacial score (nSPS) is 12.0. The molecule has 0 aliphatic heterocycles. The van der Waals surface area contributed by atoms with E-state index in [2.05, 4.69) is 6.92 Å². The van der Waals surface area contributed by atoms with Gasteiger partial charge in [-0.05, 0) is 6.42 Å². The van der Waals surface area contributed by atoms with Crippen LogP contribution in [0.5, 0.6) is 0 Å². The zero-order valence-corrected chi connectivity index (χ0v) is 10.1. The SMILES string of the molecule is CCCCOCCOCC[P+](O)(O)Cl. The Labute approximate surface area is 90.5 Å². The predicted molar refractivity (Wildman–Crippen MR) is 58.6 cm³/mol. The van der Waals surface area contributed by atoms with Crippen LogP contribution in [0.3, 0.4) is 0 Å². The second-order valence-electron chi connectivity index (χ2n) is 2.94. The summed E-state index contributed by atoms with van der Waals surface area (Å²) in [6.45, 7) is 4.14. The lowest BCUT2D eigenvalue weighted by molar-refractivity contribution is 0.0518. The van der Waals surface area contributed by atoms with Gasteiger partial charge in [-0.3, -0.25) is 0 Å². The predicted octanol–water partition coefficient (Wildman–Crippen LogP) is 1.81. The molecular weight excluding hydrogens is 227 g/mol. The Morgan fingerprint density at radius 1 is 1.07 bits per heavy atom. The van der Waals surface area contributed by atoms with Gasteiger partial charge < -0.3 is 9.47 Å². The van der Waals surface area contributed by atoms with Crippen LogP contribution in [0.2, 0.25) is 0 Å². The van der Waals surface area contributed by atoms with Crippen LogP contribution in [0.4, 0.5) is 0 Å². The van der Waals surface area contributed by atoms with E-state index in [1.54, 1.807) is 0 Å². The first-order valence-electron chi connectivity index (χ1n) is 4.75. The molecule has 2 N–H and O–H groups in total. The number of ether oxygens (including phenoxy) is 2. The van der Waals surface area contributed by atoms with E-state index in [1.807, 2.05) is 0 Å². The molecule has 0 aliphatic rings. The molecule has 86 valence electrons. The summed E-state index contributed by atoms with van der Waals surface area (Å²) in [4.78, 5) is 17.6. The Hall–Kier alpha value is 0.560. The summed E-state index contributed by atoms with van der Waals surface area (Å²) in [6.07, 6.45) is 2.28. The van der Waals surface area contributed by atoms with Gasteiger partial charge in [-0.1, -0.05) is 13.3 Å². The highest BCUT2D eigenvalue weighted by Gasteiger charge is 2.29. The summed E-state index contributed by atoms with van der Waals surface area (Å²) in [5.41, 5.74) is 0. The van der Waals surface area contributed by atoms with Crippen molar-refractivity contribution in [3.05, 3.63) is 0 Å². The Kier molecular flexibility index (Phi) is 9.19. The van der Waals surface area contributed by atoms with Crippen molar-refractivity contribution in [2.75, 3.05) is 32.6 Å². The second-order valence-corrected chi connectivity index (χ2v) is 6.30. The third-order valence-electron chi connectivity index (χ3n) is 1.53. The molecule has 0 unspecified atom stereocenters. The average molecular weight is 246 g/mol. The molecule has 0 bridgehead atoms. The molecule has 0 radical (unpaired) electrons. The van der Waals surface area contributed by atoms with Gasteiger partial charge in [-0.15, -0.1) is 0 Å². The molecule has 14 heavy (non-hydrogen) atoms. The number of hydrogen-bond acceptors (Lipinski definition) is 4.